The Labute approximate surface area is 176 Å². The number of thiophene rings is 1. The van der Waals surface area contributed by atoms with Crippen LogP contribution in [0.2, 0.25) is 0 Å². The molecule has 2 heterocycles. The topological polar surface area (TPSA) is 102 Å². The van der Waals surface area contributed by atoms with E-state index in [0.29, 0.717) is 32.0 Å². The Hall–Kier alpha value is -3.76. The minimum absolute atomic E-state index is 0.236. The quantitative estimate of drug-likeness (QED) is 0.549. The number of amides is 1. The van der Waals surface area contributed by atoms with Crippen molar-refractivity contribution in [3.05, 3.63) is 86.0 Å². The van der Waals surface area contributed by atoms with Crippen molar-refractivity contribution in [3.8, 4) is 17.5 Å². The molecule has 30 heavy (non-hydrogen) atoms. The molecule has 0 saturated heterocycles. The van der Waals surface area contributed by atoms with E-state index >= 15 is 0 Å². The Balaban J connectivity index is 2.02. The van der Waals surface area contributed by atoms with E-state index in [4.69, 9.17) is 10.7 Å². The van der Waals surface area contributed by atoms with Crippen molar-refractivity contribution < 1.29 is 4.79 Å². The fourth-order valence-electron chi connectivity index (χ4n) is 3.52. The van der Waals surface area contributed by atoms with Crippen molar-refractivity contribution in [2.75, 3.05) is 0 Å². The van der Waals surface area contributed by atoms with Gasteiger partial charge in [-0.25, -0.2) is 4.98 Å². The first kappa shape index (κ1) is 19.6. The molecule has 2 aromatic carbocycles. The lowest BCUT2D eigenvalue weighted by molar-refractivity contribution is 0.100. The van der Waals surface area contributed by atoms with Gasteiger partial charge in [0.15, 0.2) is 0 Å². The molecule has 0 aliphatic rings. The minimum Gasteiger partial charge on any atom is -0.365 e. The Bertz CT molecular complexity index is 1410. The maximum Gasteiger partial charge on any atom is 0.263 e. The number of benzene rings is 2. The monoisotopic (exact) mass is 414 g/mol. The van der Waals surface area contributed by atoms with Crippen LogP contribution in [0.3, 0.4) is 0 Å². The predicted octanol–water partition coefficient (Wildman–Crippen LogP) is 3.76. The van der Waals surface area contributed by atoms with Crippen LogP contribution >= 0.6 is 11.3 Å². The molecule has 6 nitrogen and oxygen atoms in total. The van der Waals surface area contributed by atoms with Crippen LogP contribution < -0.4 is 11.3 Å². The van der Waals surface area contributed by atoms with E-state index in [2.05, 4.69) is 6.07 Å². The van der Waals surface area contributed by atoms with Crippen LogP contribution in [-0.2, 0) is 6.54 Å². The Morgan fingerprint density at radius 3 is 2.67 bits per heavy atom. The van der Waals surface area contributed by atoms with E-state index < -0.39 is 5.91 Å². The zero-order valence-corrected chi connectivity index (χ0v) is 17.3. The summed E-state index contributed by atoms with van der Waals surface area (Å²) in [5, 5.41) is 9.61. The molecule has 0 saturated carbocycles. The van der Waals surface area contributed by atoms with Crippen LogP contribution in [0.4, 0.5) is 0 Å². The van der Waals surface area contributed by atoms with Gasteiger partial charge in [0.05, 0.1) is 28.4 Å². The van der Waals surface area contributed by atoms with Crippen LogP contribution in [0.25, 0.3) is 21.6 Å². The van der Waals surface area contributed by atoms with Gasteiger partial charge >= 0.3 is 0 Å². The number of carbonyl (C=O) groups is 1. The highest BCUT2D eigenvalue weighted by Gasteiger charge is 2.21. The Morgan fingerprint density at radius 2 is 1.97 bits per heavy atom. The van der Waals surface area contributed by atoms with Gasteiger partial charge in [0.25, 0.3) is 11.5 Å². The van der Waals surface area contributed by atoms with Crippen LogP contribution in [0.1, 0.15) is 31.9 Å². The third-order valence-corrected chi connectivity index (χ3v) is 6.15. The van der Waals surface area contributed by atoms with Gasteiger partial charge in [-0.2, -0.15) is 5.26 Å². The Morgan fingerprint density at radius 1 is 1.20 bits per heavy atom. The number of hydrogen-bond acceptors (Lipinski definition) is 5. The van der Waals surface area contributed by atoms with Crippen molar-refractivity contribution in [2.24, 2.45) is 5.73 Å². The second-order valence-corrected chi connectivity index (χ2v) is 8.11. The van der Waals surface area contributed by atoms with Crippen LogP contribution in [-0.4, -0.2) is 15.5 Å². The number of fused-ring (bicyclic) bond motifs is 1. The number of aryl methyl sites for hydroxylation is 2. The van der Waals surface area contributed by atoms with Crippen molar-refractivity contribution in [3.63, 3.8) is 0 Å². The number of primary amides is 1. The molecule has 2 aromatic heterocycles. The summed E-state index contributed by atoms with van der Waals surface area (Å²) in [4.78, 5) is 30.9. The van der Waals surface area contributed by atoms with Crippen molar-refractivity contribution in [2.45, 2.75) is 20.4 Å². The molecule has 0 spiro atoms. The highest BCUT2D eigenvalue weighted by molar-refractivity contribution is 7.20. The van der Waals surface area contributed by atoms with Gasteiger partial charge in [0.1, 0.15) is 10.7 Å². The summed E-state index contributed by atoms with van der Waals surface area (Å²) in [5.41, 5.74) is 8.99. The smallest absolute Gasteiger partial charge is 0.263 e. The second-order valence-electron chi connectivity index (χ2n) is 7.11. The lowest BCUT2D eigenvalue weighted by Gasteiger charge is -2.14. The highest BCUT2D eigenvalue weighted by atomic mass is 32.1. The first-order valence-corrected chi connectivity index (χ1v) is 10.1. The Kier molecular flexibility index (Phi) is 4.94. The normalized spacial score (nSPS) is 10.8. The van der Waals surface area contributed by atoms with E-state index in [0.717, 1.165) is 28.0 Å². The molecule has 2 N–H and O–H groups in total. The zero-order valence-electron chi connectivity index (χ0n) is 16.5. The molecule has 0 aliphatic heterocycles. The largest absolute Gasteiger partial charge is 0.365 e. The summed E-state index contributed by atoms with van der Waals surface area (Å²) >= 11 is 1.14. The summed E-state index contributed by atoms with van der Waals surface area (Å²) < 4.78 is 1.60. The van der Waals surface area contributed by atoms with Crippen molar-refractivity contribution >= 4 is 27.5 Å². The molecule has 1 amide bonds. The molecule has 4 rings (SSSR count). The van der Waals surface area contributed by atoms with E-state index in [-0.39, 0.29) is 12.1 Å². The lowest BCUT2D eigenvalue weighted by Crippen LogP contribution is -2.24. The van der Waals surface area contributed by atoms with Crippen LogP contribution in [0.5, 0.6) is 0 Å². The molecule has 7 heteroatoms. The molecule has 0 atom stereocenters. The standard InChI is InChI=1S/C23H18N4O2S/c1-13-5-3-8-17(9-13)21-26-22-18(14(2)19(30-22)20(25)28)23(29)27(21)12-16-7-4-6-15(10-16)11-24/h3-10H,12H2,1-2H3,(H2,25,28). The van der Waals surface area contributed by atoms with Gasteiger partial charge in [-0.05, 0) is 43.2 Å². The van der Waals surface area contributed by atoms with Gasteiger partial charge in [-0.1, -0.05) is 35.9 Å². The first-order chi connectivity index (χ1) is 14.4. The first-order valence-electron chi connectivity index (χ1n) is 9.29. The number of nitriles is 1. The van der Waals surface area contributed by atoms with Crippen LogP contribution in [0, 0.1) is 25.2 Å². The fraction of sp³-hybridized carbons (Fsp3) is 0.130. The summed E-state index contributed by atoms with van der Waals surface area (Å²) in [6.45, 7) is 3.94. The number of nitrogens with zero attached hydrogens (tertiary/aromatic N) is 3. The van der Waals surface area contributed by atoms with Crippen molar-refractivity contribution in [1.82, 2.24) is 9.55 Å². The number of nitrogens with two attached hydrogens (primary N) is 1. The van der Waals surface area contributed by atoms with E-state index in [1.165, 1.54) is 0 Å². The zero-order chi connectivity index (χ0) is 21.4. The number of aromatic nitrogens is 2. The minimum atomic E-state index is -0.569. The van der Waals surface area contributed by atoms with Gasteiger partial charge < -0.3 is 5.73 Å². The van der Waals surface area contributed by atoms with E-state index in [1.807, 2.05) is 37.3 Å². The number of hydrogen-bond donors (Lipinski definition) is 1. The second kappa shape index (κ2) is 7.58. The fourth-order valence-corrected chi connectivity index (χ4v) is 4.55. The van der Waals surface area contributed by atoms with Gasteiger partial charge in [-0.3, -0.25) is 14.2 Å². The summed E-state index contributed by atoms with van der Waals surface area (Å²) in [6, 6.07) is 17.0. The molecule has 0 unspecified atom stereocenters. The molecule has 0 aliphatic carbocycles. The summed E-state index contributed by atoms with van der Waals surface area (Å²) in [6.07, 6.45) is 0. The third-order valence-electron chi connectivity index (χ3n) is 4.95. The molecular formula is C23H18N4O2S. The molecular weight excluding hydrogens is 396 g/mol. The average Bonchev–Trinajstić information content (AvgIpc) is 3.07. The summed E-state index contributed by atoms with van der Waals surface area (Å²) in [7, 11) is 0. The highest BCUT2D eigenvalue weighted by Crippen LogP contribution is 2.29. The van der Waals surface area contributed by atoms with Crippen molar-refractivity contribution in [1.29, 1.82) is 5.26 Å². The van der Waals surface area contributed by atoms with Crippen LogP contribution in [0.15, 0.2) is 53.3 Å². The lowest BCUT2D eigenvalue weighted by atomic mass is 10.1. The SMILES string of the molecule is Cc1cccc(-c2nc3sc(C(N)=O)c(C)c3c(=O)n2Cc2cccc(C#N)c2)c1. The molecule has 0 radical (unpaired) electrons. The molecule has 0 bridgehead atoms. The maximum absolute atomic E-state index is 13.5. The molecule has 0 fully saturated rings. The van der Waals surface area contributed by atoms with Gasteiger partial charge in [-0.15, -0.1) is 11.3 Å². The number of carbonyl (C=O) groups excluding carboxylic acids is 1. The van der Waals surface area contributed by atoms with E-state index in [9.17, 15) is 14.9 Å². The maximum atomic E-state index is 13.5. The van der Waals surface area contributed by atoms with Gasteiger partial charge in [0, 0.05) is 5.56 Å². The average molecular weight is 414 g/mol. The summed E-state index contributed by atoms with van der Waals surface area (Å²) in [5.74, 6) is -0.0592. The molecule has 4 aromatic rings. The predicted molar refractivity (Wildman–Crippen MR) is 118 cm³/mol. The van der Waals surface area contributed by atoms with Gasteiger partial charge in [0.2, 0.25) is 0 Å². The third kappa shape index (κ3) is 3.38. The van der Waals surface area contributed by atoms with E-state index in [1.54, 1.807) is 29.7 Å². The molecule has 148 valence electrons. The number of rotatable bonds is 4.